The minimum absolute atomic E-state index is 0.107. The highest BCUT2D eigenvalue weighted by molar-refractivity contribution is 5.80. The Hall–Kier alpha value is -4.08. The molecular weight excluding hydrogens is 390 g/mol. The first kappa shape index (κ1) is 19.2. The molecule has 4 aromatic rings. The summed E-state index contributed by atoms with van der Waals surface area (Å²) in [6, 6.07) is 10.0. The lowest BCUT2D eigenvalue weighted by atomic mass is 10.2. The van der Waals surface area contributed by atoms with Crippen molar-refractivity contribution in [2.24, 2.45) is 0 Å². The zero-order chi connectivity index (χ0) is 20.9. The smallest absolute Gasteiger partial charge is 0.327 e. The molecule has 0 aliphatic carbocycles. The topological polar surface area (TPSA) is 133 Å². The number of fused-ring (bicyclic) bond motifs is 1. The van der Waals surface area contributed by atoms with Gasteiger partial charge in [0.15, 0.2) is 0 Å². The number of nitrogens with zero attached hydrogens (tertiary/aromatic N) is 4. The van der Waals surface area contributed by atoms with E-state index in [4.69, 9.17) is 9.26 Å². The summed E-state index contributed by atoms with van der Waals surface area (Å²) in [5.74, 6) is 0.222. The van der Waals surface area contributed by atoms with Crippen LogP contribution in [-0.2, 0) is 22.5 Å². The Morgan fingerprint density at radius 3 is 2.77 bits per heavy atom. The second-order valence-electron chi connectivity index (χ2n) is 6.46. The number of aromatic nitrogens is 5. The summed E-state index contributed by atoms with van der Waals surface area (Å²) >= 11 is 0. The van der Waals surface area contributed by atoms with Gasteiger partial charge in [-0.15, -0.1) is 0 Å². The van der Waals surface area contributed by atoms with E-state index in [9.17, 15) is 14.4 Å². The molecule has 152 valence electrons. The van der Waals surface area contributed by atoms with Gasteiger partial charge in [0.05, 0.1) is 17.4 Å². The zero-order valence-electron chi connectivity index (χ0n) is 15.8. The minimum atomic E-state index is -0.635. The molecule has 0 saturated carbocycles. The molecule has 0 aliphatic rings. The van der Waals surface area contributed by atoms with Crippen LogP contribution in [0.5, 0.6) is 0 Å². The monoisotopic (exact) mass is 407 g/mol. The third kappa shape index (κ3) is 4.17. The molecule has 4 rings (SSSR count). The highest BCUT2D eigenvalue weighted by atomic mass is 16.5. The average Bonchev–Trinajstić information content (AvgIpc) is 3.25. The molecule has 1 N–H and O–H groups in total. The number of benzene rings is 1. The molecule has 30 heavy (non-hydrogen) atoms. The number of ether oxygens (including phenoxy) is 1. The van der Waals surface area contributed by atoms with Gasteiger partial charge in [-0.3, -0.25) is 24.5 Å². The van der Waals surface area contributed by atoms with Crippen molar-refractivity contribution < 1.29 is 14.1 Å². The second-order valence-corrected chi connectivity index (χ2v) is 6.46. The average molecular weight is 407 g/mol. The largest absolute Gasteiger partial charge is 0.464 e. The van der Waals surface area contributed by atoms with Gasteiger partial charge in [-0.25, -0.2) is 4.68 Å². The summed E-state index contributed by atoms with van der Waals surface area (Å²) in [4.78, 5) is 44.8. The van der Waals surface area contributed by atoms with Gasteiger partial charge in [-0.05, 0) is 30.7 Å². The molecular formula is C20H17N5O5. The number of hydrogen-bond donors (Lipinski definition) is 1. The standard InChI is InChI=1S/C20H17N5O5/c26-17(12-25-20(28)15-7-2-1-6-14(15)19(27)23-25)29-10-4-8-16-22-18(24-30-16)13-5-3-9-21-11-13/h1-3,5-7,9,11H,4,8,10,12H2,(H,23,27). The van der Waals surface area contributed by atoms with E-state index in [0.717, 1.165) is 10.2 Å². The highest BCUT2D eigenvalue weighted by Crippen LogP contribution is 2.14. The summed E-state index contributed by atoms with van der Waals surface area (Å²) in [6.07, 6.45) is 4.17. The summed E-state index contributed by atoms with van der Waals surface area (Å²) in [5, 5.41) is 6.81. The van der Waals surface area contributed by atoms with E-state index in [1.165, 1.54) is 0 Å². The number of rotatable bonds is 7. The molecule has 0 saturated heterocycles. The second kappa shape index (κ2) is 8.52. The van der Waals surface area contributed by atoms with Crippen molar-refractivity contribution in [2.75, 3.05) is 6.61 Å². The van der Waals surface area contributed by atoms with Gasteiger partial charge in [0.1, 0.15) is 6.54 Å². The van der Waals surface area contributed by atoms with Crippen LogP contribution >= 0.6 is 0 Å². The molecule has 0 radical (unpaired) electrons. The molecule has 0 unspecified atom stereocenters. The predicted octanol–water partition coefficient (Wildman–Crippen LogP) is 1.31. The molecule has 0 aliphatic heterocycles. The molecule has 0 bridgehead atoms. The van der Waals surface area contributed by atoms with Gasteiger partial charge >= 0.3 is 5.97 Å². The van der Waals surface area contributed by atoms with Crippen LogP contribution in [0.3, 0.4) is 0 Å². The molecule has 3 aromatic heterocycles. The van der Waals surface area contributed by atoms with E-state index in [-0.39, 0.29) is 23.9 Å². The van der Waals surface area contributed by atoms with Crippen LogP contribution in [0.1, 0.15) is 12.3 Å². The maximum absolute atomic E-state index is 12.4. The quantitative estimate of drug-likeness (QED) is 0.358. The third-order valence-corrected chi connectivity index (χ3v) is 4.36. The van der Waals surface area contributed by atoms with Crippen molar-refractivity contribution in [1.29, 1.82) is 0 Å². The van der Waals surface area contributed by atoms with E-state index in [1.54, 1.807) is 42.7 Å². The highest BCUT2D eigenvalue weighted by Gasteiger charge is 2.12. The lowest BCUT2D eigenvalue weighted by Gasteiger charge is -2.07. The number of nitrogens with one attached hydrogen (secondary N) is 1. The lowest BCUT2D eigenvalue weighted by molar-refractivity contribution is -0.144. The zero-order valence-corrected chi connectivity index (χ0v) is 15.8. The number of pyridine rings is 1. The number of carbonyl (C=O) groups is 1. The fourth-order valence-corrected chi connectivity index (χ4v) is 2.91. The lowest BCUT2D eigenvalue weighted by Crippen LogP contribution is -2.33. The van der Waals surface area contributed by atoms with Gasteiger partial charge in [-0.1, -0.05) is 17.3 Å². The first-order valence-corrected chi connectivity index (χ1v) is 9.22. The number of H-pyrrole nitrogens is 1. The first-order valence-electron chi connectivity index (χ1n) is 9.22. The van der Waals surface area contributed by atoms with Crippen LogP contribution in [0.15, 0.2) is 62.9 Å². The van der Waals surface area contributed by atoms with Crippen LogP contribution in [0, 0.1) is 0 Å². The number of aryl methyl sites for hydroxylation is 1. The van der Waals surface area contributed by atoms with Crippen molar-refractivity contribution in [3.05, 3.63) is 75.4 Å². The molecule has 0 atom stereocenters. The molecule has 0 fully saturated rings. The van der Waals surface area contributed by atoms with E-state index in [1.807, 2.05) is 6.07 Å². The maximum Gasteiger partial charge on any atom is 0.327 e. The van der Waals surface area contributed by atoms with Crippen LogP contribution in [0.4, 0.5) is 0 Å². The fourth-order valence-electron chi connectivity index (χ4n) is 2.91. The third-order valence-electron chi connectivity index (χ3n) is 4.36. The van der Waals surface area contributed by atoms with Crippen LogP contribution in [0.2, 0.25) is 0 Å². The van der Waals surface area contributed by atoms with Crippen LogP contribution < -0.4 is 11.1 Å². The van der Waals surface area contributed by atoms with Gasteiger partial charge in [0.25, 0.3) is 11.1 Å². The number of carbonyl (C=O) groups excluding carboxylic acids is 1. The van der Waals surface area contributed by atoms with Crippen LogP contribution in [-0.4, -0.2) is 37.5 Å². The van der Waals surface area contributed by atoms with Gasteiger partial charge < -0.3 is 9.26 Å². The molecule has 3 heterocycles. The SMILES string of the molecule is O=C(Cn1[nH]c(=O)c2ccccc2c1=O)OCCCc1nc(-c2cccnc2)no1. The van der Waals surface area contributed by atoms with Crippen molar-refractivity contribution in [2.45, 2.75) is 19.4 Å². The van der Waals surface area contributed by atoms with Gasteiger partial charge in [0.2, 0.25) is 11.7 Å². The summed E-state index contributed by atoms with van der Waals surface area (Å²) < 4.78 is 11.3. The Morgan fingerprint density at radius 2 is 1.97 bits per heavy atom. The molecule has 0 spiro atoms. The summed E-state index contributed by atoms with van der Waals surface area (Å²) in [7, 11) is 0. The molecule has 10 nitrogen and oxygen atoms in total. The summed E-state index contributed by atoms with van der Waals surface area (Å²) in [5.41, 5.74) is -0.163. The van der Waals surface area contributed by atoms with Crippen molar-refractivity contribution in [3.63, 3.8) is 0 Å². The van der Waals surface area contributed by atoms with E-state index < -0.39 is 17.1 Å². The fraction of sp³-hybridized carbons (Fsp3) is 0.200. The Morgan fingerprint density at radius 1 is 1.13 bits per heavy atom. The normalized spacial score (nSPS) is 10.9. The van der Waals surface area contributed by atoms with E-state index >= 15 is 0 Å². The number of aromatic amines is 1. The van der Waals surface area contributed by atoms with Gasteiger partial charge in [-0.2, -0.15) is 4.98 Å². The predicted molar refractivity (Wildman–Crippen MR) is 106 cm³/mol. The minimum Gasteiger partial charge on any atom is -0.464 e. The van der Waals surface area contributed by atoms with Crippen molar-refractivity contribution >= 4 is 16.7 Å². The Labute approximate surface area is 169 Å². The molecule has 1 aromatic carbocycles. The van der Waals surface area contributed by atoms with Crippen LogP contribution in [0.25, 0.3) is 22.2 Å². The maximum atomic E-state index is 12.4. The molecule has 0 amide bonds. The van der Waals surface area contributed by atoms with E-state index in [2.05, 4.69) is 20.2 Å². The number of hydrogen-bond acceptors (Lipinski definition) is 8. The Balaban J connectivity index is 1.30. The Bertz CT molecular complexity index is 1290. The van der Waals surface area contributed by atoms with Crippen molar-refractivity contribution in [3.8, 4) is 11.4 Å². The summed E-state index contributed by atoms with van der Waals surface area (Å²) in [6.45, 7) is -0.277. The first-order chi connectivity index (χ1) is 14.6. The van der Waals surface area contributed by atoms with E-state index in [0.29, 0.717) is 24.6 Å². The van der Waals surface area contributed by atoms with Gasteiger partial charge in [0, 0.05) is 24.4 Å². The van der Waals surface area contributed by atoms with Crippen molar-refractivity contribution in [1.82, 2.24) is 24.9 Å². The Kier molecular flexibility index (Phi) is 5.46. The number of esters is 1. The molecule has 10 heteroatoms.